The van der Waals surface area contributed by atoms with Crippen LogP contribution in [-0.2, 0) is 23.8 Å². The van der Waals surface area contributed by atoms with Crippen molar-refractivity contribution in [3.05, 3.63) is 0 Å². The van der Waals surface area contributed by atoms with E-state index in [1.54, 1.807) is 6.92 Å². The molecule has 1 saturated carbocycles. The first kappa shape index (κ1) is 19.2. The Bertz CT molecular complexity index is 424. The van der Waals surface area contributed by atoms with Crippen LogP contribution in [0.2, 0.25) is 0 Å². The maximum Gasteiger partial charge on any atom is 0.335 e. The highest BCUT2D eigenvalue weighted by molar-refractivity contribution is 5.82. The Hall–Kier alpha value is -1.14. The van der Waals surface area contributed by atoms with Crippen molar-refractivity contribution < 1.29 is 23.8 Å². The molecule has 0 aromatic rings. The summed E-state index contributed by atoms with van der Waals surface area (Å²) in [5.74, 6) is -0.0713. The van der Waals surface area contributed by atoms with Crippen molar-refractivity contribution in [3.8, 4) is 0 Å². The number of rotatable bonds is 7. The van der Waals surface area contributed by atoms with Gasteiger partial charge in [0.2, 0.25) is 0 Å². The Morgan fingerprint density at radius 2 is 1.96 bits per heavy atom. The first-order valence-electron chi connectivity index (χ1n) is 9.18. The summed E-state index contributed by atoms with van der Waals surface area (Å²) in [6.45, 7) is 7.33. The minimum atomic E-state index is -0.635. The van der Waals surface area contributed by atoms with Gasteiger partial charge in [0.05, 0.1) is 18.8 Å². The number of ether oxygens (including phenoxy) is 3. The molecule has 2 aliphatic rings. The van der Waals surface area contributed by atoms with Gasteiger partial charge in [0.1, 0.15) is 0 Å². The zero-order valence-electron chi connectivity index (χ0n) is 15.2. The smallest absolute Gasteiger partial charge is 0.335 e. The Labute approximate surface area is 144 Å². The molecule has 6 nitrogen and oxygen atoms in total. The van der Waals surface area contributed by atoms with Crippen molar-refractivity contribution in [2.75, 3.05) is 26.4 Å². The monoisotopic (exact) mass is 341 g/mol. The van der Waals surface area contributed by atoms with Crippen LogP contribution in [0.4, 0.5) is 0 Å². The molecule has 1 heterocycles. The Morgan fingerprint density at radius 1 is 1.21 bits per heavy atom. The van der Waals surface area contributed by atoms with E-state index in [9.17, 15) is 9.59 Å². The van der Waals surface area contributed by atoms with E-state index >= 15 is 0 Å². The second-order valence-electron chi connectivity index (χ2n) is 7.15. The molecule has 1 aliphatic heterocycles. The molecule has 24 heavy (non-hydrogen) atoms. The van der Waals surface area contributed by atoms with E-state index in [0.717, 1.165) is 32.1 Å². The van der Waals surface area contributed by atoms with Crippen molar-refractivity contribution in [1.29, 1.82) is 0 Å². The van der Waals surface area contributed by atoms with Crippen molar-refractivity contribution in [3.63, 3.8) is 0 Å². The van der Waals surface area contributed by atoms with Crippen LogP contribution in [-0.4, -0.2) is 61.4 Å². The van der Waals surface area contributed by atoms with Crippen molar-refractivity contribution in [1.82, 2.24) is 4.90 Å². The molecule has 0 aromatic carbocycles. The molecule has 2 rings (SSSR count). The average Bonchev–Trinajstić information content (AvgIpc) is 2.58. The molecule has 1 amide bonds. The van der Waals surface area contributed by atoms with E-state index in [4.69, 9.17) is 14.2 Å². The van der Waals surface area contributed by atoms with Gasteiger partial charge in [-0.15, -0.1) is 0 Å². The predicted molar refractivity (Wildman–Crippen MR) is 89.5 cm³/mol. The number of hydrogen-bond acceptors (Lipinski definition) is 5. The summed E-state index contributed by atoms with van der Waals surface area (Å²) in [5, 5.41) is 0. The summed E-state index contributed by atoms with van der Waals surface area (Å²) in [6.07, 6.45) is 4.66. The number of nitrogens with zero attached hydrogens (tertiary/aromatic N) is 1. The summed E-state index contributed by atoms with van der Waals surface area (Å²) >= 11 is 0. The van der Waals surface area contributed by atoms with Gasteiger partial charge in [0.25, 0.3) is 5.91 Å². The van der Waals surface area contributed by atoms with E-state index in [1.807, 2.05) is 4.90 Å². The van der Waals surface area contributed by atoms with Gasteiger partial charge in [0.15, 0.2) is 12.7 Å². The van der Waals surface area contributed by atoms with E-state index < -0.39 is 12.1 Å². The summed E-state index contributed by atoms with van der Waals surface area (Å²) in [6, 6.07) is 0.137. The number of carbonyl (C=O) groups is 2. The van der Waals surface area contributed by atoms with Gasteiger partial charge < -0.3 is 19.1 Å². The maximum atomic E-state index is 12.4. The molecule has 138 valence electrons. The predicted octanol–water partition coefficient (Wildman–Crippen LogP) is 2.15. The first-order chi connectivity index (χ1) is 11.5. The lowest BCUT2D eigenvalue weighted by Gasteiger charge is -2.43. The number of esters is 1. The number of amides is 1. The van der Waals surface area contributed by atoms with Gasteiger partial charge in [-0.2, -0.15) is 0 Å². The van der Waals surface area contributed by atoms with Crippen LogP contribution in [0.15, 0.2) is 0 Å². The number of morpholine rings is 1. The Morgan fingerprint density at radius 3 is 2.71 bits per heavy atom. The topological polar surface area (TPSA) is 65.1 Å². The van der Waals surface area contributed by atoms with Crippen molar-refractivity contribution in [2.24, 2.45) is 5.92 Å². The molecule has 2 fully saturated rings. The molecule has 0 bridgehead atoms. The van der Waals surface area contributed by atoms with Gasteiger partial charge in [-0.1, -0.05) is 26.7 Å². The fourth-order valence-corrected chi connectivity index (χ4v) is 3.29. The Balaban J connectivity index is 1.74. The fourth-order valence-electron chi connectivity index (χ4n) is 3.29. The Kier molecular flexibility index (Phi) is 7.49. The van der Waals surface area contributed by atoms with Crippen LogP contribution < -0.4 is 0 Å². The third-order valence-electron chi connectivity index (χ3n) is 4.79. The highest BCUT2D eigenvalue weighted by atomic mass is 16.6. The van der Waals surface area contributed by atoms with Crippen molar-refractivity contribution >= 4 is 11.9 Å². The van der Waals surface area contributed by atoms with Crippen LogP contribution in [0.1, 0.15) is 52.9 Å². The van der Waals surface area contributed by atoms with Gasteiger partial charge in [-0.3, -0.25) is 4.79 Å². The highest BCUT2D eigenvalue weighted by Gasteiger charge is 2.36. The normalized spacial score (nSPS) is 25.2. The molecule has 1 saturated heterocycles. The standard InChI is InChI=1S/C18H31NO5/c1-13(2)8-10-22-14(3)18(21)24-12-17(20)19-9-11-23-16-7-5-4-6-15(16)19/h13-16H,4-12H2,1-3H3. The lowest BCUT2D eigenvalue weighted by Crippen LogP contribution is -2.55. The minimum absolute atomic E-state index is 0.127. The highest BCUT2D eigenvalue weighted by Crippen LogP contribution is 2.28. The van der Waals surface area contributed by atoms with E-state index in [2.05, 4.69) is 13.8 Å². The molecule has 3 atom stereocenters. The lowest BCUT2D eigenvalue weighted by atomic mass is 9.90. The quantitative estimate of drug-likeness (QED) is 0.664. The largest absolute Gasteiger partial charge is 0.454 e. The summed E-state index contributed by atoms with van der Waals surface area (Å²) in [5.41, 5.74) is 0. The van der Waals surface area contributed by atoms with Gasteiger partial charge in [0, 0.05) is 13.2 Å². The zero-order chi connectivity index (χ0) is 17.5. The fraction of sp³-hybridized carbons (Fsp3) is 0.889. The summed E-state index contributed by atoms with van der Waals surface area (Å²) in [4.78, 5) is 26.2. The average molecular weight is 341 g/mol. The van der Waals surface area contributed by atoms with Gasteiger partial charge in [-0.25, -0.2) is 4.79 Å². The third kappa shape index (κ3) is 5.45. The maximum absolute atomic E-state index is 12.4. The van der Waals surface area contributed by atoms with E-state index in [-0.39, 0.29) is 24.7 Å². The third-order valence-corrected chi connectivity index (χ3v) is 4.79. The molecule has 0 spiro atoms. The van der Waals surface area contributed by atoms with Crippen LogP contribution in [0.5, 0.6) is 0 Å². The zero-order valence-corrected chi connectivity index (χ0v) is 15.2. The number of fused-ring (bicyclic) bond motifs is 1. The second-order valence-corrected chi connectivity index (χ2v) is 7.15. The van der Waals surface area contributed by atoms with Crippen molar-refractivity contribution in [2.45, 2.75) is 71.1 Å². The first-order valence-corrected chi connectivity index (χ1v) is 9.18. The number of hydrogen-bond donors (Lipinski definition) is 0. The minimum Gasteiger partial charge on any atom is -0.454 e. The summed E-state index contributed by atoms with van der Waals surface area (Å²) in [7, 11) is 0. The molecule has 3 unspecified atom stereocenters. The van der Waals surface area contributed by atoms with Crippen LogP contribution in [0.25, 0.3) is 0 Å². The molecular weight excluding hydrogens is 310 g/mol. The van der Waals surface area contributed by atoms with Gasteiger partial charge >= 0.3 is 5.97 Å². The number of carbonyl (C=O) groups excluding carboxylic acids is 2. The van der Waals surface area contributed by atoms with Crippen LogP contribution in [0.3, 0.4) is 0 Å². The van der Waals surface area contributed by atoms with Gasteiger partial charge in [-0.05, 0) is 32.1 Å². The van der Waals surface area contributed by atoms with E-state index in [1.165, 1.54) is 0 Å². The van der Waals surface area contributed by atoms with Crippen LogP contribution >= 0.6 is 0 Å². The molecule has 6 heteroatoms. The molecule has 1 aliphatic carbocycles. The SMILES string of the molecule is CC(C)CCOC(C)C(=O)OCC(=O)N1CCOC2CCCCC21. The lowest BCUT2D eigenvalue weighted by molar-refractivity contribution is -0.166. The summed E-state index contributed by atoms with van der Waals surface area (Å²) < 4.78 is 16.4. The molecular formula is C18H31NO5. The molecule has 0 radical (unpaired) electrons. The van der Waals surface area contributed by atoms with Crippen LogP contribution in [0, 0.1) is 5.92 Å². The molecule has 0 aromatic heterocycles. The molecule has 0 N–H and O–H groups in total. The van der Waals surface area contributed by atoms with E-state index in [0.29, 0.717) is 25.7 Å². The second kappa shape index (κ2) is 9.37.